The van der Waals surface area contributed by atoms with Gasteiger partial charge in [-0.1, -0.05) is 62.6 Å². The lowest BCUT2D eigenvalue weighted by Gasteiger charge is -2.34. The lowest BCUT2D eigenvalue weighted by Crippen LogP contribution is -2.54. The number of amides is 2. The molecule has 1 atom stereocenters. The fourth-order valence-corrected chi connectivity index (χ4v) is 5.68. The summed E-state index contributed by atoms with van der Waals surface area (Å²) in [6.45, 7) is 3.46. The average molecular weight is 530 g/mol. The fourth-order valence-electron chi connectivity index (χ4n) is 4.83. The van der Waals surface area contributed by atoms with Crippen LogP contribution in [0.5, 0.6) is 5.75 Å². The van der Waals surface area contributed by atoms with E-state index in [2.05, 4.69) is 5.32 Å². The first-order chi connectivity index (χ1) is 17.6. The van der Waals surface area contributed by atoms with Gasteiger partial charge in [0.2, 0.25) is 21.8 Å². The number of ether oxygens (including phenoxy) is 1. The maximum absolute atomic E-state index is 13.9. The first kappa shape index (κ1) is 28.5. The number of benzene rings is 2. The van der Waals surface area contributed by atoms with Gasteiger partial charge in [-0.3, -0.25) is 13.9 Å². The molecule has 1 fully saturated rings. The van der Waals surface area contributed by atoms with E-state index < -0.39 is 28.5 Å². The van der Waals surface area contributed by atoms with Gasteiger partial charge in [0.15, 0.2) is 0 Å². The maximum atomic E-state index is 13.9. The van der Waals surface area contributed by atoms with Crippen LogP contribution < -0.4 is 14.4 Å². The second-order valence-electron chi connectivity index (χ2n) is 9.72. The van der Waals surface area contributed by atoms with Gasteiger partial charge in [0.05, 0.1) is 19.1 Å². The normalized spacial score (nSPS) is 15.0. The van der Waals surface area contributed by atoms with E-state index in [-0.39, 0.29) is 24.2 Å². The summed E-state index contributed by atoms with van der Waals surface area (Å²) in [7, 11) is -2.38. The van der Waals surface area contributed by atoms with Gasteiger partial charge in [0.1, 0.15) is 18.3 Å². The first-order valence-electron chi connectivity index (χ1n) is 12.9. The molecule has 2 aromatic rings. The van der Waals surface area contributed by atoms with Gasteiger partial charge in [-0.15, -0.1) is 0 Å². The van der Waals surface area contributed by atoms with Crippen molar-refractivity contribution in [2.75, 3.05) is 24.2 Å². The summed E-state index contributed by atoms with van der Waals surface area (Å²) in [4.78, 5) is 28.8. The summed E-state index contributed by atoms with van der Waals surface area (Å²) >= 11 is 0. The van der Waals surface area contributed by atoms with Crippen LogP contribution >= 0.6 is 0 Å². The molecule has 0 unspecified atom stereocenters. The topological polar surface area (TPSA) is 96.0 Å². The summed E-state index contributed by atoms with van der Waals surface area (Å²) in [6.07, 6.45) is 6.67. The Morgan fingerprint density at radius 2 is 1.76 bits per heavy atom. The number of hydrogen-bond acceptors (Lipinski definition) is 5. The van der Waals surface area contributed by atoms with Crippen molar-refractivity contribution in [2.45, 2.75) is 71.0 Å². The van der Waals surface area contributed by atoms with E-state index in [4.69, 9.17) is 4.74 Å². The summed E-state index contributed by atoms with van der Waals surface area (Å²) in [5.41, 5.74) is 1.98. The molecule has 3 rings (SSSR count). The molecule has 1 aliphatic carbocycles. The minimum absolute atomic E-state index is 0.105. The number of sulfonamides is 1. The van der Waals surface area contributed by atoms with Crippen molar-refractivity contribution < 1.29 is 22.7 Å². The molecule has 202 valence electrons. The Morgan fingerprint density at radius 3 is 2.35 bits per heavy atom. The number of carbonyl (C=O) groups is 2. The molecule has 0 saturated heterocycles. The predicted octanol–water partition coefficient (Wildman–Crippen LogP) is 4.03. The highest BCUT2D eigenvalue weighted by atomic mass is 32.2. The maximum Gasteiger partial charge on any atom is 0.244 e. The van der Waals surface area contributed by atoms with Gasteiger partial charge in [-0.2, -0.15) is 0 Å². The molecule has 8 nitrogen and oxygen atoms in total. The monoisotopic (exact) mass is 529 g/mol. The lowest BCUT2D eigenvalue weighted by atomic mass is 9.95. The Bertz CT molecular complexity index is 1160. The minimum atomic E-state index is -3.84. The molecule has 1 aliphatic rings. The van der Waals surface area contributed by atoms with Gasteiger partial charge in [0, 0.05) is 12.6 Å². The fraction of sp³-hybridized carbons (Fsp3) is 0.500. The highest BCUT2D eigenvalue weighted by Crippen LogP contribution is 2.31. The summed E-state index contributed by atoms with van der Waals surface area (Å²) in [5, 5.41) is 3.15. The molecular formula is C28H39N3O5S. The summed E-state index contributed by atoms with van der Waals surface area (Å²) in [5.74, 6) is -0.304. The van der Waals surface area contributed by atoms with Gasteiger partial charge in [-0.25, -0.2) is 8.42 Å². The van der Waals surface area contributed by atoms with Gasteiger partial charge < -0.3 is 15.0 Å². The Hall–Kier alpha value is -3.07. The number of nitrogens with one attached hydrogen (secondary N) is 1. The Balaban J connectivity index is 1.94. The number of carbonyl (C=O) groups excluding carboxylic acids is 2. The first-order valence-corrected chi connectivity index (χ1v) is 14.7. The van der Waals surface area contributed by atoms with Crippen LogP contribution in [0.2, 0.25) is 0 Å². The number of nitrogens with zero attached hydrogens (tertiary/aromatic N) is 2. The van der Waals surface area contributed by atoms with Gasteiger partial charge >= 0.3 is 0 Å². The Labute approximate surface area is 221 Å². The van der Waals surface area contributed by atoms with E-state index in [0.717, 1.165) is 47.4 Å². The van der Waals surface area contributed by atoms with Crippen molar-refractivity contribution in [3.63, 3.8) is 0 Å². The third-order valence-electron chi connectivity index (χ3n) is 6.82. The van der Waals surface area contributed by atoms with Gasteiger partial charge in [0.25, 0.3) is 0 Å². The average Bonchev–Trinajstić information content (AvgIpc) is 2.87. The van der Waals surface area contributed by atoms with Crippen molar-refractivity contribution in [3.8, 4) is 5.75 Å². The molecule has 0 radical (unpaired) electrons. The molecule has 0 aliphatic heterocycles. The molecule has 0 spiro atoms. The smallest absolute Gasteiger partial charge is 0.244 e. The zero-order valence-electron chi connectivity index (χ0n) is 22.3. The molecule has 2 amide bonds. The standard InChI is InChI=1S/C28H39N3O5S/c1-5-24(28(33)29-23-14-10-7-11-15-23)30(19-22-12-8-6-9-13-22)27(32)20-31(37(4,34)35)25-18-21(2)16-17-26(25)36-3/h6,8-9,12-13,16-18,23-24H,5,7,10-11,14-15,19-20H2,1-4H3,(H,29,33)/t24-/m0/s1. The number of anilines is 1. The molecule has 37 heavy (non-hydrogen) atoms. The number of methoxy groups -OCH3 is 1. The van der Waals surface area contributed by atoms with E-state index >= 15 is 0 Å². The van der Waals surface area contributed by atoms with E-state index in [1.54, 1.807) is 12.1 Å². The second kappa shape index (κ2) is 12.9. The predicted molar refractivity (Wildman–Crippen MR) is 146 cm³/mol. The summed E-state index contributed by atoms with van der Waals surface area (Å²) in [6, 6.07) is 14.0. The molecule has 1 saturated carbocycles. The minimum Gasteiger partial charge on any atom is -0.495 e. The molecular weight excluding hydrogens is 490 g/mol. The molecule has 0 aromatic heterocycles. The summed E-state index contributed by atoms with van der Waals surface area (Å²) < 4.78 is 32.2. The number of hydrogen-bond donors (Lipinski definition) is 1. The van der Waals surface area contributed by atoms with Crippen LogP contribution in [0.1, 0.15) is 56.6 Å². The van der Waals surface area contributed by atoms with E-state index in [1.807, 2.05) is 50.2 Å². The van der Waals surface area contributed by atoms with Crippen molar-refractivity contribution in [3.05, 3.63) is 59.7 Å². The third kappa shape index (κ3) is 7.71. The van der Waals surface area contributed by atoms with Crippen molar-refractivity contribution in [1.82, 2.24) is 10.2 Å². The van der Waals surface area contributed by atoms with Crippen LogP contribution in [0, 0.1) is 6.92 Å². The number of aryl methyl sites for hydroxylation is 1. The van der Waals surface area contributed by atoms with Crippen LogP contribution in [-0.2, 0) is 26.2 Å². The molecule has 1 N–H and O–H groups in total. The molecule has 9 heteroatoms. The second-order valence-corrected chi connectivity index (χ2v) is 11.6. The lowest BCUT2D eigenvalue weighted by molar-refractivity contribution is -0.140. The largest absolute Gasteiger partial charge is 0.495 e. The quantitative estimate of drug-likeness (QED) is 0.474. The number of rotatable bonds is 11. The Kier molecular flexibility index (Phi) is 9.97. The van der Waals surface area contributed by atoms with E-state index in [0.29, 0.717) is 12.2 Å². The van der Waals surface area contributed by atoms with Crippen LogP contribution in [0.3, 0.4) is 0 Å². The zero-order valence-corrected chi connectivity index (χ0v) is 23.1. The molecule has 0 heterocycles. The SMILES string of the molecule is CC[C@@H](C(=O)NC1CCCCC1)N(Cc1ccccc1)C(=O)CN(c1cc(C)ccc1OC)S(C)(=O)=O. The Morgan fingerprint density at radius 1 is 1.08 bits per heavy atom. The molecule has 0 bridgehead atoms. The van der Waals surface area contributed by atoms with Crippen molar-refractivity contribution in [2.24, 2.45) is 0 Å². The van der Waals surface area contributed by atoms with E-state index in [9.17, 15) is 18.0 Å². The van der Waals surface area contributed by atoms with E-state index in [1.165, 1.54) is 18.4 Å². The third-order valence-corrected chi connectivity index (χ3v) is 7.94. The van der Waals surface area contributed by atoms with Crippen LogP contribution in [-0.4, -0.2) is 57.1 Å². The highest BCUT2D eigenvalue weighted by molar-refractivity contribution is 7.92. The van der Waals surface area contributed by atoms with Crippen LogP contribution in [0.15, 0.2) is 48.5 Å². The van der Waals surface area contributed by atoms with Crippen molar-refractivity contribution in [1.29, 1.82) is 0 Å². The zero-order chi connectivity index (χ0) is 27.0. The van der Waals surface area contributed by atoms with Crippen LogP contribution in [0.4, 0.5) is 5.69 Å². The molecule has 2 aromatic carbocycles. The van der Waals surface area contributed by atoms with Crippen molar-refractivity contribution >= 4 is 27.5 Å². The van der Waals surface area contributed by atoms with Gasteiger partial charge in [-0.05, 0) is 49.4 Å². The highest BCUT2D eigenvalue weighted by Gasteiger charge is 2.33. The van der Waals surface area contributed by atoms with Crippen LogP contribution in [0.25, 0.3) is 0 Å².